The number of nitrogens with two attached hydrogens (primary N) is 1. The highest BCUT2D eigenvalue weighted by Gasteiger charge is 2.00. The van der Waals surface area contributed by atoms with E-state index in [4.69, 9.17) is 5.73 Å². The van der Waals surface area contributed by atoms with Gasteiger partial charge in [0.15, 0.2) is 5.17 Å². The number of aromatic amines is 1. The van der Waals surface area contributed by atoms with Crippen LogP contribution in [0.4, 0.5) is 5.82 Å². The van der Waals surface area contributed by atoms with Gasteiger partial charge >= 0.3 is 0 Å². The average molecular weight is 269 g/mol. The summed E-state index contributed by atoms with van der Waals surface area (Å²) in [5.41, 5.74) is 5.73. The number of likely N-dealkylation sites (N-methyl/N-ethyl adjacent to an activating group) is 1. The van der Waals surface area contributed by atoms with Crippen molar-refractivity contribution >= 4 is 28.7 Å². The zero-order chi connectivity index (χ0) is 13.4. The number of nitrogens with zero attached hydrogens (tertiary/aromatic N) is 4. The van der Waals surface area contributed by atoms with Crippen molar-refractivity contribution in [2.24, 2.45) is 15.7 Å². The number of nitrogens with one attached hydrogen (secondary N) is 2. The van der Waals surface area contributed by atoms with Crippen molar-refractivity contribution in [1.82, 2.24) is 14.9 Å². The zero-order valence-corrected chi connectivity index (χ0v) is 11.7. The number of hydrogen-bond acceptors (Lipinski definition) is 4. The molecule has 0 unspecified atom stereocenters. The molecule has 7 nitrogen and oxygen atoms in total. The van der Waals surface area contributed by atoms with Crippen molar-refractivity contribution in [2.75, 3.05) is 38.8 Å². The van der Waals surface area contributed by atoms with Crippen LogP contribution in [0.25, 0.3) is 0 Å². The number of rotatable bonds is 4. The van der Waals surface area contributed by atoms with Gasteiger partial charge in [0.1, 0.15) is 5.82 Å². The molecule has 0 saturated carbocycles. The summed E-state index contributed by atoms with van der Waals surface area (Å²) in [5, 5.41) is 3.73. The summed E-state index contributed by atoms with van der Waals surface area (Å²) in [4.78, 5) is 17.2. The molecule has 1 aromatic rings. The van der Waals surface area contributed by atoms with Gasteiger partial charge in [0.05, 0.1) is 19.1 Å². The lowest BCUT2D eigenvalue weighted by molar-refractivity contribution is 0.420. The summed E-state index contributed by atoms with van der Waals surface area (Å²) in [6, 6.07) is 0. The Morgan fingerprint density at radius 3 is 2.94 bits per heavy atom. The lowest BCUT2D eigenvalue weighted by Crippen LogP contribution is -2.19. The molecule has 0 atom stereocenters. The fourth-order valence-corrected chi connectivity index (χ4v) is 1.46. The van der Waals surface area contributed by atoms with Gasteiger partial charge in [-0.25, -0.2) is 4.98 Å². The SMILES string of the molecule is CS/C(=N\C(N)=NCCN(C)C)Nc1cnc[nH]1. The fraction of sp³-hybridized carbons (Fsp3) is 0.500. The number of guanidine groups is 1. The maximum absolute atomic E-state index is 5.73. The molecule has 4 N–H and O–H groups in total. The topological polar surface area (TPSA) is 94.7 Å². The van der Waals surface area contributed by atoms with Crippen LogP contribution in [0, 0.1) is 0 Å². The number of hydrogen-bond donors (Lipinski definition) is 3. The normalized spacial score (nSPS) is 13.1. The predicted octanol–water partition coefficient (Wildman–Crippen LogP) is 0.417. The van der Waals surface area contributed by atoms with E-state index in [-0.39, 0.29) is 5.96 Å². The number of H-pyrrole nitrogens is 1. The van der Waals surface area contributed by atoms with E-state index >= 15 is 0 Å². The van der Waals surface area contributed by atoms with Gasteiger partial charge in [-0.05, 0) is 20.4 Å². The molecule has 0 bridgehead atoms. The number of aliphatic imine (C=N–C) groups is 2. The minimum Gasteiger partial charge on any atom is -0.368 e. The highest BCUT2D eigenvalue weighted by Crippen LogP contribution is 2.04. The Morgan fingerprint density at radius 2 is 2.39 bits per heavy atom. The molecule has 18 heavy (non-hydrogen) atoms. The van der Waals surface area contributed by atoms with Gasteiger partial charge in [0.25, 0.3) is 0 Å². The highest BCUT2D eigenvalue weighted by molar-refractivity contribution is 8.13. The second kappa shape index (κ2) is 7.72. The van der Waals surface area contributed by atoms with Gasteiger partial charge in [0, 0.05) is 6.54 Å². The van der Waals surface area contributed by atoms with E-state index in [1.54, 1.807) is 12.5 Å². The van der Waals surface area contributed by atoms with E-state index < -0.39 is 0 Å². The molecule has 0 aromatic carbocycles. The molecule has 1 heterocycles. The molecule has 8 heteroatoms. The number of imidazole rings is 1. The Balaban J connectivity index is 2.55. The Labute approximate surface area is 111 Å². The first-order chi connectivity index (χ1) is 8.61. The molecule has 0 radical (unpaired) electrons. The van der Waals surface area contributed by atoms with Crippen LogP contribution in [0.1, 0.15) is 0 Å². The van der Waals surface area contributed by atoms with Crippen molar-refractivity contribution in [3.05, 3.63) is 12.5 Å². The van der Waals surface area contributed by atoms with E-state index in [0.29, 0.717) is 11.7 Å². The van der Waals surface area contributed by atoms with Gasteiger partial charge < -0.3 is 20.9 Å². The lowest BCUT2D eigenvalue weighted by atomic mass is 10.6. The first-order valence-corrected chi connectivity index (χ1v) is 6.67. The molecular weight excluding hydrogens is 250 g/mol. The first kappa shape index (κ1) is 14.5. The Morgan fingerprint density at radius 1 is 1.61 bits per heavy atom. The van der Waals surface area contributed by atoms with Crippen molar-refractivity contribution < 1.29 is 0 Å². The van der Waals surface area contributed by atoms with Crippen LogP contribution in [-0.4, -0.2) is 59.4 Å². The van der Waals surface area contributed by atoms with Crippen LogP contribution in [0.2, 0.25) is 0 Å². The third-order valence-electron chi connectivity index (χ3n) is 1.97. The number of aromatic nitrogens is 2. The first-order valence-electron chi connectivity index (χ1n) is 5.44. The summed E-state index contributed by atoms with van der Waals surface area (Å²) in [6.07, 6.45) is 5.18. The summed E-state index contributed by atoms with van der Waals surface area (Å²) in [5.74, 6) is 1.04. The fourth-order valence-electron chi connectivity index (χ4n) is 1.07. The van der Waals surface area contributed by atoms with E-state index in [1.807, 2.05) is 25.3 Å². The quantitative estimate of drug-likeness (QED) is 0.544. The van der Waals surface area contributed by atoms with Crippen LogP contribution >= 0.6 is 11.8 Å². The number of amidine groups is 1. The third kappa shape index (κ3) is 5.69. The second-order valence-corrected chi connectivity index (χ2v) is 4.55. The van der Waals surface area contributed by atoms with Crippen molar-refractivity contribution in [2.45, 2.75) is 0 Å². The van der Waals surface area contributed by atoms with Crippen LogP contribution in [0.5, 0.6) is 0 Å². The highest BCUT2D eigenvalue weighted by atomic mass is 32.2. The predicted molar refractivity (Wildman–Crippen MR) is 78.2 cm³/mol. The van der Waals surface area contributed by atoms with Crippen LogP contribution < -0.4 is 11.1 Å². The summed E-state index contributed by atoms with van der Waals surface area (Å²) in [7, 11) is 3.98. The van der Waals surface area contributed by atoms with Gasteiger partial charge in [0.2, 0.25) is 5.96 Å². The number of thioether (sulfide) groups is 1. The minimum atomic E-state index is 0.271. The largest absolute Gasteiger partial charge is 0.368 e. The summed E-state index contributed by atoms with van der Waals surface area (Å²) in [6.45, 7) is 1.48. The van der Waals surface area contributed by atoms with Crippen molar-refractivity contribution in [3.8, 4) is 0 Å². The molecule has 0 aliphatic rings. The van der Waals surface area contributed by atoms with Gasteiger partial charge in [-0.2, -0.15) is 4.99 Å². The summed E-state index contributed by atoms with van der Waals surface area (Å²) >= 11 is 1.46. The second-order valence-electron chi connectivity index (χ2n) is 3.75. The van der Waals surface area contributed by atoms with E-state index in [9.17, 15) is 0 Å². The van der Waals surface area contributed by atoms with Gasteiger partial charge in [-0.3, -0.25) is 4.99 Å². The molecule has 100 valence electrons. The molecule has 0 aliphatic carbocycles. The maximum Gasteiger partial charge on any atom is 0.217 e. The van der Waals surface area contributed by atoms with Crippen LogP contribution in [0.15, 0.2) is 22.5 Å². The zero-order valence-electron chi connectivity index (χ0n) is 10.8. The third-order valence-corrected chi connectivity index (χ3v) is 2.55. The Hall–Kier alpha value is -1.54. The molecule has 1 aromatic heterocycles. The van der Waals surface area contributed by atoms with Crippen molar-refractivity contribution in [3.63, 3.8) is 0 Å². The average Bonchev–Trinajstić information content (AvgIpc) is 2.80. The van der Waals surface area contributed by atoms with Crippen molar-refractivity contribution in [1.29, 1.82) is 0 Å². The molecular formula is C10H19N7S. The monoisotopic (exact) mass is 269 g/mol. The minimum absolute atomic E-state index is 0.271. The Bertz CT molecular complexity index is 396. The molecule has 0 amide bonds. The van der Waals surface area contributed by atoms with Gasteiger partial charge in [-0.1, -0.05) is 11.8 Å². The molecule has 0 saturated heterocycles. The van der Waals surface area contributed by atoms with E-state index in [1.165, 1.54) is 11.8 Å². The Kier molecular flexibility index (Phi) is 6.23. The lowest BCUT2D eigenvalue weighted by Gasteiger charge is -2.06. The molecule has 0 aliphatic heterocycles. The van der Waals surface area contributed by atoms with Crippen LogP contribution in [0.3, 0.4) is 0 Å². The molecule has 0 fully saturated rings. The molecule has 1 rings (SSSR count). The molecule has 0 spiro atoms. The summed E-state index contributed by atoms with van der Waals surface area (Å²) < 4.78 is 0. The number of anilines is 1. The van der Waals surface area contributed by atoms with E-state index in [0.717, 1.165) is 12.4 Å². The standard InChI is InChI=1S/C10H19N7S/c1-17(2)5-4-13-9(11)16-10(18-3)15-8-6-12-7-14-8/h6-7H,4-5H2,1-3H3,(H,12,14)(H3,11,13,15,16). The van der Waals surface area contributed by atoms with Crippen LogP contribution in [-0.2, 0) is 0 Å². The van der Waals surface area contributed by atoms with E-state index in [2.05, 4.69) is 25.3 Å². The smallest absolute Gasteiger partial charge is 0.217 e. The maximum atomic E-state index is 5.73. The van der Waals surface area contributed by atoms with Gasteiger partial charge in [-0.15, -0.1) is 0 Å².